The molecule has 1 aliphatic rings. The molecule has 1 fully saturated rings. The summed E-state index contributed by atoms with van der Waals surface area (Å²) in [5, 5.41) is 19.2. The number of nitro groups is 1. The van der Waals surface area contributed by atoms with Gasteiger partial charge in [0, 0.05) is 36.7 Å². The molecule has 0 saturated carbocycles. The van der Waals surface area contributed by atoms with Crippen molar-refractivity contribution in [2.75, 3.05) is 31.3 Å². The molecule has 1 amide bonds. The molecule has 1 N–H and O–H groups in total. The molecular formula is C13H16N2O5. The number of nitrogens with zero attached hydrogens (tertiary/aromatic N) is 2. The van der Waals surface area contributed by atoms with Gasteiger partial charge in [-0.1, -0.05) is 0 Å². The number of benzene rings is 1. The van der Waals surface area contributed by atoms with E-state index in [0.29, 0.717) is 25.3 Å². The molecule has 1 aliphatic heterocycles. The number of anilines is 1. The number of rotatable bonds is 6. The van der Waals surface area contributed by atoms with Crippen molar-refractivity contribution in [3.63, 3.8) is 0 Å². The molecule has 7 heteroatoms. The minimum atomic E-state index is -0.471. The number of nitro benzene ring substituents is 1. The van der Waals surface area contributed by atoms with Crippen LogP contribution in [-0.2, 0) is 9.53 Å². The van der Waals surface area contributed by atoms with Crippen LogP contribution in [0.4, 0.5) is 11.4 Å². The lowest BCUT2D eigenvalue weighted by atomic mass is 10.1. The first kappa shape index (κ1) is 14.4. The molecule has 20 heavy (non-hydrogen) atoms. The van der Waals surface area contributed by atoms with E-state index in [9.17, 15) is 14.9 Å². The highest BCUT2D eigenvalue weighted by atomic mass is 16.6. The van der Waals surface area contributed by atoms with Gasteiger partial charge in [0.25, 0.3) is 5.69 Å². The van der Waals surface area contributed by atoms with Crippen molar-refractivity contribution in [1.29, 1.82) is 0 Å². The lowest BCUT2D eigenvalue weighted by Gasteiger charge is -2.16. The van der Waals surface area contributed by atoms with Gasteiger partial charge in [-0.15, -0.1) is 0 Å². The maximum Gasteiger partial charge on any atom is 0.269 e. The van der Waals surface area contributed by atoms with Crippen LogP contribution < -0.4 is 4.90 Å². The monoisotopic (exact) mass is 280 g/mol. The first-order valence-electron chi connectivity index (χ1n) is 6.35. The Hall–Kier alpha value is -1.99. The fourth-order valence-electron chi connectivity index (χ4n) is 2.21. The van der Waals surface area contributed by atoms with Crippen molar-refractivity contribution in [3.05, 3.63) is 34.4 Å². The maximum absolute atomic E-state index is 11.9. The third-order valence-electron chi connectivity index (χ3n) is 3.17. The topological polar surface area (TPSA) is 92.9 Å². The van der Waals surface area contributed by atoms with Gasteiger partial charge in [0.05, 0.1) is 24.7 Å². The van der Waals surface area contributed by atoms with Gasteiger partial charge in [-0.05, 0) is 12.1 Å². The van der Waals surface area contributed by atoms with E-state index < -0.39 is 4.92 Å². The van der Waals surface area contributed by atoms with Gasteiger partial charge in [0.1, 0.15) is 0 Å². The molecular weight excluding hydrogens is 264 g/mol. The SMILES string of the molecule is O=C1CC(COCCO)CN1c1ccc([N+](=O)[O-])cc1. The second kappa shape index (κ2) is 6.44. The highest BCUT2D eigenvalue weighted by Gasteiger charge is 2.30. The average Bonchev–Trinajstić information content (AvgIpc) is 2.80. The second-order valence-electron chi connectivity index (χ2n) is 4.65. The Morgan fingerprint density at radius 2 is 2.10 bits per heavy atom. The van der Waals surface area contributed by atoms with Crippen molar-refractivity contribution in [1.82, 2.24) is 0 Å². The Balaban J connectivity index is 1.98. The number of aliphatic hydroxyl groups excluding tert-OH is 1. The number of non-ortho nitro benzene ring substituents is 1. The van der Waals surface area contributed by atoms with Gasteiger partial charge in [0.15, 0.2) is 0 Å². The first-order chi connectivity index (χ1) is 9.61. The summed E-state index contributed by atoms with van der Waals surface area (Å²) in [6, 6.07) is 5.93. The molecule has 1 aromatic carbocycles. The summed E-state index contributed by atoms with van der Waals surface area (Å²) in [6.07, 6.45) is 0.391. The Bertz CT molecular complexity index is 488. The van der Waals surface area contributed by atoms with Gasteiger partial charge in [-0.25, -0.2) is 0 Å². The lowest BCUT2D eigenvalue weighted by Crippen LogP contribution is -2.25. The van der Waals surface area contributed by atoms with Crippen LogP contribution in [0.3, 0.4) is 0 Å². The first-order valence-corrected chi connectivity index (χ1v) is 6.35. The molecule has 0 aliphatic carbocycles. The van der Waals surface area contributed by atoms with Gasteiger partial charge in [-0.2, -0.15) is 0 Å². The Kier molecular flexibility index (Phi) is 4.65. The van der Waals surface area contributed by atoms with Gasteiger partial charge >= 0.3 is 0 Å². The summed E-state index contributed by atoms with van der Waals surface area (Å²) >= 11 is 0. The number of hydrogen-bond donors (Lipinski definition) is 1. The van der Waals surface area contributed by atoms with Crippen molar-refractivity contribution < 1.29 is 19.6 Å². The van der Waals surface area contributed by atoms with Gasteiger partial charge in [0.2, 0.25) is 5.91 Å². The minimum Gasteiger partial charge on any atom is -0.394 e. The van der Waals surface area contributed by atoms with Crippen molar-refractivity contribution >= 4 is 17.3 Å². The third-order valence-corrected chi connectivity index (χ3v) is 3.17. The molecule has 7 nitrogen and oxygen atoms in total. The van der Waals surface area contributed by atoms with Crippen LogP contribution in [0, 0.1) is 16.0 Å². The fraction of sp³-hybridized carbons (Fsp3) is 0.462. The average molecular weight is 280 g/mol. The van der Waals surface area contributed by atoms with E-state index in [-0.39, 0.29) is 30.7 Å². The minimum absolute atomic E-state index is 0.00299. The second-order valence-corrected chi connectivity index (χ2v) is 4.65. The molecule has 2 rings (SSSR count). The number of carbonyl (C=O) groups excluding carboxylic acids is 1. The van der Waals surface area contributed by atoms with E-state index >= 15 is 0 Å². The highest BCUT2D eigenvalue weighted by molar-refractivity contribution is 5.95. The van der Waals surface area contributed by atoms with Gasteiger partial charge < -0.3 is 14.7 Å². The normalized spacial score (nSPS) is 18.6. The molecule has 1 unspecified atom stereocenters. The summed E-state index contributed by atoms with van der Waals surface area (Å²) in [5.41, 5.74) is 0.661. The molecule has 0 bridgehead atoms. The molecule has 108 valence electrons. The number of amides is 1. The van der Waals surface area contributed by atoms with E-state index in [1.165, 1.54) is 12.1 Å². The van der Waals surface area contributed by atoms with Crippen LogP contribution in [0.2, 0.25) is 0 Å². The smallest absolute Gasteiger partial charge is 0.269 e. The zero-order chi connectivity index (χ0) is 14.5. The van der Waals surface area contributed by atoms with E-state index in [1.54, 1.807) is 17.0 Å². The van der Waals surface area contributed by atoms with E-state index in [4.69, 9.17) is 9.84 Å². The van der Waals surface area contributed by atoms with Crippen molar-refractivity contribution in [3.8, 4) is 0 Å². The number of aliphatic hydroxyl groups is 1. The highest BCUT2D eigenvalue weighted by Crippen LogP contribution is 2.26. The quantitative estimate of drug-likeness (QED) is 0.476. The van der Waals surface area contributed by atoms with Crippen molar-refractivity contribution in [2.45, 2.75) is 6.42 Å². The molecule has 0 aromatic heterocycles. The van der Waals surface area contributed by atoms with Crippen LogP contribution in [0.5, 0.6) is 0 Å². The number of carbonyl (C=O) groups is 1. The van der Waals surface area contributed by atoms with Crippen LogP contribution >= 0.6 is 0 Å². The van der Waals surface area contributed by atoms with Crippen molar-refractivity contribution in [2.24, 2.45) is 5.92 Å². The molecule has 1 heterocycles. The third kappa shape index (κ3) is 3.31. The fourth-order valence-corrected chi connectivity index (χ4v) is 2.21. The summed E-state index contributed by atoms with van der Waals surface area (Å²) < 4.78 is 5.23. The molecule has 1 saturated heterocycles. The van der Waals surface area contributed by atoms with Crippen LogP contribution in [-0.4, -0.2) is 42.3 Å². The van der Waals surface area contributed by atoms with Crippen LogP contribution in [0.25, 0.3) is 0 Å². The van der Waals surface area contributed by atoms with Crippen LogP contribution in [0.15, 0.2) is 24.3 Å². The predicted molar refractivity (Wildman–Crippen MR) is 71.5 cm³/mol. The zero-order valence-corrected chi connectivity index (χ0v) is 10.9. The Labute approximate surface area is 115 Å². The van der Waals surface area contributed by atoms with E-state index in [2.05, 4.69) is 0 Å². The summed E-state index contributed by atoms with van der Waals surface area (Å²) in [7, 11) is 0. The molecule has 1 atom stereocenters. The molecule has 0 radical (unpaired) electrons. The Morgan fingerprint density at radius 1 is 1.40 bits per heavy atom. The molecule has 0 spiro atoms. The van der Waals surface area contributed by atoms with E-state index in [1.807, 2.05) is 0 Å². The van der Waals surface area contributed by atoms with Crippen LogP contribution in [0.1, 0.15) is 6.42 Å². The summed E-state index contributed by atoms with van der Waals surface area (Å²) in [4.78, 5) is 23.6. The summed E-state index contributed by atoms with van der Waals surface area (Å²) in [5.74, 6) is 0.0701. The number of hydrogen-bond acceptors (Lipinski definition) is 5. The predicted octanol–water partition coefficient (Wildman–Crippen LogP) is 0.957. The largest absolute Gasteiger partial charge is 0.394 e. The standard InChI is InChI=1S/C13H16N2O5/c16-5-6-20-9-10-7-13(17)14(8-10)11-1-3-12(4-2-11)15(18)19/h1-4,10,16H,5-9H2. The maximum atomic E-state index is 11.9. The summed E-state index contributed by atoms with van der Waals surface area (Å²) in [6.45, 7) is 1.19. The Morgan fingerprint density at radius 3 is 2.70 bits per heavy atom. The number of ether oxygens (including phenoxy) is 1. The molecule has 1 aromatic rings. The zero-order valence-electron chi connectivity index (χ0n) is 10.9. The van der Waals surface area contributed by atoms with E-state index in [0.717, 1.165) is 0 Å². The van der Waals surface area contributed by atoms with Gasteiger partial charge in [-0.3, -0.25) is 14.9 Å². The lowest BCUT2D eigenvalue weighted by molar-refractivity contribution is -0.384.